The molecular weight excluding hydrogens is 170 g/mol. The summed E-state index contributed by atoms with van der Waals surface area (Å²) in [4.78, 5) is 10.4. The largest absolute Gasteiger partial charge is 0.481 e. The molecule has 0 unspecified atom stereocenters. The summed E-state index contributed by atoms with van der Waals surface area (Å²) >= 11 is 0. The zero-order valence-corrected chi connectivity index (χ0v) is 7.91. The van der Waals surface area contributed by atoms with E-state index in [1.54, 1.807) is 0 Å². The van der Waals surface area contributed by atoms with E-state index in [2.05, 4.69) is 0 Å². The maximum Gasteiger partial charge on any atom is 0.309 e. The Morgan fingerprint density at radius 2 is 1.85 bits per heavy atom. The van der Waals surface area contributed by atoms with E-state index in [1.165, 1.54) is 12.8 Å². The molecule has 0 aromatic rings. The third kappa shape index (κ3) is 2.97. The van der Waals surface area contributed by atoms with Gasteiger partial charge in [0.15, 0.2) is 0 Å². The highest BCUT2D eigenvalue weighted by Gasteiger charge is 2.31. The Morgan fingerprint density at radius 3 is 2.31 bits per heavy atom. The van der Waals surface area contributed by atoms with Gasteiger partial charge in [0.05, 0.1) is 32.7 Å². The van der Waals surface area contributed by atoms with Crippen LogP contribution in [-0.2, 0) is 4.79 Å². The number of aliphatic hydroxyl groups is 1. The molecule has 0 saturated carbocycles. The van der Waals surface area contributed by atoms with Crippen molar-refractivity contribution < 1.29 is 19.5 Å². The average molecular weight is 188 g/mol. The molecule has 4 heteroatoms. The molecule has 0 spiro atoms. The monoisotopic (exact) mass is 188 g/mol. The normalized spacial score (nSPS) is 20.4. The number of carbonyl (C=O) groups is 1. The van der Waals surface area contributed by atoms with Crippen LogP contribution in [0.3, 0.4) is 0 Å². The molecule has 76 valence electrons. The quantitative estimate of drug-likeness (QED) is 0.600. The second kappa shape index (κ2) is 4.58. The lowest BCUT2D eigenvalue weighted by Crippen LogP contribution is -2.48. The Hall–Kier alpha value is -0.610. The van der Waals surface area contributed by atoms with Crippen LogP contribution in [0.5, 0.6) is 0 Å². The first-order valence-corrected chi connectivity index (χ1v) is 4.86. The van der Waals surface area contributed by atoms with E-state index in [9.17, 15) is 4.79 Å². The summed E-state index contributed by atoms with van der Waals surface area (Å²) in [7, 11) is 0. The minimum Gasteiger partial charge on any atom is -0.481 e. The van der Waals surface area contributed by atoms with Crippen LogP contribution in [0.1, 0.15) is 19.3 Å². The molecule has 13 heavy (non-hydrogen) atoms. The van der Waals surface area contributed by atoms with Crippen molar-refractivity contribution in [3.05, 3.63) is 0 Å². The molecule has 0 atom stereocenters. The lowest BCUT2D eigenvalue weighted by Gasteiger charge is -2.33. The fraction of sp³-hybridized carbons (Fsp3) is 0.889. The number of quaternary nitrogens is 1. The minimum absolute atomic E-state index is 0.166. The van der Waals surface area contributed by atoms with Crippen LogP contribution in [0.15, 0.2) is 0 Å². The third-order valence-corrected chi connectivity index (χ3v) is 2.89. The molecule has 4 nitrogen and oxygen atoms in total. The zero-order chi connectivity index (χ0) is 9.73. The van der Waals surface area contributed by atoms with E-state index >= 15 is 0 Å². The number of carboxylic acid groups (broad SMARTS) is 1. The zero-order valence-electron chi connectivity index (χ0n) is 7.91. The summed E-state index contributed by atoms with van der Waals surface area (Å²) in [6.45, 7) is 3.63. The van der Waals surface area contributed by atoms with Gasteiger partial charge in [-0.15, -0.1) is 0 Å². The van der Waals surface area contributed by atoms with Gasteiger partial charge in [0.2, 0.25) is 0 Å². The van der Waals surface area contributed by atoms with Crippen LogP contribution in [0, 0.1) is 0 Å². The summed E-state index contributed by atoms with van der Waals surface area (Å²) in [6, 6.07) is 0. The van der Waals surface area contributed by atoms with Gasteiger partial charge in [0.1, 0.15) is 6.54 Å². The van der Waals surface area contributed by atoms with Crippen molar-refractivity contribution in [2.24, 2.45) is 0 Å². The van der Waals surface area contributed by atoms with Gasteiger partial charge in [-0.2, -0.15) is 0 Å². The van der Waals surface area contributed by atoms with Crippen LogP contribution in [0.2, 0.25) is 0 Å². The van der Waals surface area contributed by atoms with Gasteiger partial charge in [0, 0.05) is 12.8 Å². The average Bonchev–Trinajstić information content (AvgIpc) is 2.51. The summed E-state index contributed by atoms with van der Waals surface area (Å²) in [5, 5.41) is 17.5. The van der Waals surface area contributed by atoms with Crippen LogP contribution in [0.25, 0.3) is 0 Å². The van der Waals surface area contributed by atoms with E-state index in [0.29, 0.717) is 13.1 Å². The van der Waals surface area contributed by atoms with Gasteiger partial charge in [-0.05, 0) is 0 Å². The fourth-order valence-electron chi connectivity index (χ4n) is 2.11. The number of aliphatic carboxylic acids is 1. The van der Waals surface area contributed by atoms with Crippen molar-refractivity contribution in [2.75, 3.05) is 32.8 Å². The van der Waals surface area contributed by atoms with Gasteiger partial charge >= 0.3 is 5.97 Å². The first-order chi connectivity index (χ1) is 6.18. The lowest BCUT2D eigenvalue weighted by molar-refractivity contribution is -0.916. The molecule has 0 aliphatic carbocycles. The van der Waals surface area contributed by atoms with Crippen molar-refractivity contribution in [1.82, 2.24) is 0 Å². The summed E-state index contributed by atoms with van der Waals surface area (Å²) in [6.07, 6.45) is 2.55. The van der Waals surface area contributed by atoms with Crippen LogP contribution < -0.4 is 0 Å². The molecule has 1 rings (SSSR count). The van der Waals surface area contributed by atoms with E-state index in [-0.39, 0.29) is 13.0 Å². The number of nitrogens with zero attached hydrogens (tertiary/aromatic N) is 1. The third-order valence-electron chi connectivity index (χ3n) is 2.89. The van der Waals surface area contributed by atoms with Gasteiger partial charge < -0.3 is 14.7 Å². The smallest absolute Gasteiger partial charge is 0.309 e. The number of hydrogen-bond donors (Lipinski definition) is 2. The number of hydrogen-bond acceptors (Lipinski definition) is 2. The highest BCUT2D eigenvalue weighted by atomic mass is 16.4. The Balaban J connectivity index is 2.41. The Morgan fingerprint density at radius 1 is 1.23 bits per heavy atom. The Labute approximate surface area is 78.4 Å². The van der Waals surface area contributed by atoms with E-state index in [0.717, 1.165) is 17.6 Å². The molecule has 1 saturated heterocycles. The molecule has 0 amide bonds. The second-order valence-corrected chi connectivity index (χ2v) is 3.81. The second-order valence-electron chi connectivity index (χ2n) is 3.81. The molecule has 0 radical (unpaired) electrons. The SMILES string of the molecule is O=C(O)CC[N+]1(CCO)CCCC1. The number of rotatable bonds is 5. The van der Waals surface area contributed by atoms with Gasteiger partial charge in [-0.25, -0.2) is 0 Å². The summed E-state index contributed by atoms with van der Waals surface area (Å²) < 4.78 is 0.808. The first kappa shape index (κ1) is 10.5. The van der Waals surface area contributed by atoms with E-state index < -0.39 is 5.97 Å². The number of aliphatic hydroxyl groups excluding tert-OH is 1. The Kier molecular flexibility index (Phi) is 3.69. The maximum absolute atomic E-state index is 10.4. The molecule has 1 aliphatic rings. The highest BCUT2D eigenvalue weighted by molar-refractivity contribution is 5.66. The van der Waals surface area contributed by atoms with Gasteiger partial charge in [-0.3, -0.25) is 4.79 Å². The lowest BCUT2D eigenvalue weighted by atomic mass is 10.3. The molecule has 2 N–H and O–H groups in total. The van der Waals surface area contributed by atoms with Crippen LogP contribution >= 0.6 is 0 Å². The maximum atomic E-state index is 10.4. The predicted octanol–water partition coefficient (Wildman–Crippen LogP) is 0.0640. The molecule has 1 fully saturated rings. The summed E-state index contributed by atoms with van der Waals surface area (Å²) in [5.41, 5.74) is 0. The van der Waals surface area contributed by atoms with Gasteiger partial charge in [-0.1, -0.05) is 0 Å². The molecule has 0 bridgehead atoms. The molecule has 1 heterocycles. The van der Waals surface area contributed by atoms with Crippen molar-refractivity contribution >= 4 is 5.97 Å². The van der Waals surface area contributed by atoms with E-state index in [4.69, 9.17) is 10.2 Å². The first-order valence-electron chi connectivity index (χ1n) is 4.86. The standard InChI is InChI=1S/C9H17NO3/c11-8-7-10(4-1-2-5-10)6-3-9(12)13/h11H,1-8H2/p+1. The minimum atomic E-state index is -0.734. The molecule has 1 aliphatic heterocycles. The molecule has 0 aromatic heterocycles. The van der Waals surface area contributed by atoms with Crippen molar-refractivity contribution in [1.29, 1.82) is 0 Å². The molecular formula is C9H18NO3+. The molecule has 0 aromatic carbocycles. The van der Waals surface area contributed by atoms with Crippen LogP contribution in [0.4, 0.5) is 0 Å². The topological polar surface area (TPSA) is 57.5 Å². The summed E-state index contributed by atoms with van der Waals surface area (Å²) in [5.74, 6) is -0.734. The fourth-order valence-corrected chi connectivity index (χ4v) is 2.11. The van der Waals surface area contributed by atoms with Crippen molar-refractivity contribution in [3.8, 4) is 0 Å². The highest BCUT2D eigenvalue weighted by Crippen LogP contribution is 2.19. The Bertz CT molecular complexity index is 176. The van der Waals surface area contributed by atoms with Crippen LogP contribution in [-0.4, -0.2) is 53.5 Å². The van der Waals surface area contributed by atoms with Crippen molar-refractivity contribution in [3.63, 3.8) is 0 Å². The number of likely N-dealkylation sites (tertiary alicyclic amines) is 1. The predicted molar refractivity (Wildman–Crippen MR) is 48.3 cm³/mol. The van der Waals surface area contributed by atoms with Crippen molar-refractivity contribution in [2.45, 2.75) is 19.3 Å². The van der Waals surface area contributed by atoms with E-state index in [1.807, 2.05) is 0 Å². The van der Waals surface area contributed by atoms with Gasteiger partial charge in [0.25, 0.3) is 0 Å². The number of carboxylic acids is 1.